The van der Waals surface area contributed by atoms with E-state index in [-0.39, 0.29) is 18.1 Å². The Bertz CT molecular complexity index is 462. The highest BCUT2D eigenvalue weighted by atomic mass is 16.5. The van der Waals surface area contributed by atoms with Crippen molar-refractivity contribution in [3.63, 3.8) is 0 Å². The highest BCUT2D eigenvalue weighted by molar-refractivity contribution is 5.82. The molecular formula is C15H22N2O3. The Morgan fingerprint density at radius 2 is 2.25 bits per heavy atom. The van der Waals surface area contributed by atoms with Gasteiger partial charge in [-0.05, 0) is 26.3 Å². The van der Waals surface area contributed by atoms with Gasteiger partial charge in [0.05, 0.1) is 18.2 Å². The molecule has 1 aliphatic rings. The van der Waals surface area contributed by atoms with E-state index >= 15 is 0 Å². The van der Waals surface area contributed by atoms with Crippen LogP contribution in [0.15, 0.2) is 24.3 Å². The number of hydrogen-bond donors (Lipinski definition) is 3. The van der Waals surface area contributed by atoms with Gasteiger partial charge < -0.3 is 20.5 Å². The molecule has 0 aromatic heterocycles. The van der Waals surface area contributed by atoms with Gasteiger partial charge in [0.2, 0.25) is 5.91 Å². The number of carbonyl (C=O) groups is 1. The second-order valence-corrected chi connectivity index (χ2v) is 5.34. The number of rotatable bonds is 5. The molecule has 110 valence electrons. The van der Waals surface area contributed by atoms with Crippen LogP contribution in [0, 0.1) is 0 Å². The Balaban J connectivity index is 1.92. The van der Waals surface area contributed by atoms with Crippen molar-refractivity contribution >= 4 is 5.91 Å². The summed E-state index contributed by atoms with van der Waals surface area (Å²) in [6.07, 6.45) is 0.136. The van der Waals surface area contributed by atoms with E-state index in [1.165, 1.54) is 0 Å². The monoisotopic (exact) mass is 278 g/mol. The van der Waals surface area contributed by atoms with Gasteiger partial charge in [-0.25, -0.2) is 0 Å². The van der Waals surface area contributed by atoms with E-state index in [0.717, 1.165) is 11.3 Å². The van der Waals surface area contributed by atoms with Crippen LogP contribution in [0.1, 0.15) is 25.8 Å². The Morgan fingerprint density at radius 1 is 1.50 bits per heavy atom. The van der Waals surface area contributed by atoms with Crippen LogP contribution in [0.4, 0.5) is 0 Å². The first-order chi connectivity index (χ1) is 9.56. The molecule has 1 aromatic carbocycles. The van der Waals surface area contributed by atoms with Crippen molar-refractivity contribution in [2.24, 2.45) is 0 Å². The molecule has 0 bridgehead atoms. The lowest BCUT2D eigenvalue weighted by molar-refractivity contribution is -0.123. The van der Waals surface area contributed by atoms with E-state index in [1.807, 2.05) is 38.1 Å². The van der Waals surface area contributed by atoms with E-state index in [4.69, 9.17) is 4.74 Å². The molecule has 0 unspecified atom stereocenters. The molecule has 1 amide bonds. The minimum atomic E-state index is -0.428. The van der Waals surface area contributed by atoms with Crippen molar-refractivity contribution in [1.82, 2.24) is 10.6 Å². The largest absolute Gasteiger partial charge is 0.491 e. The first-order valence-corrected chi connectivity index (χ1v) is 7.00. The van der Waals surface area contributed by atoms with Gasteiger partial charge in [0, 0.05) is 18.7 Å². The Labute approximate surface area is 119 Å². The van der Waals surface area contributed by atoms with Crippen LogP contribution >= 0.6 is 0 Å². The van der Waals surface area contributed by atoms with Crippen molar-refractivity contribution in [3.05, 3.63) is 29.8 Å². The van der Waals surface area contributed by atoms with Crippen LogP contribution in [-0.2, 0) is 11.3 Å². The molecule has 0 saturated carbocycles. The predicted octanol–water partition coefficient (Wildman–Crippen LogP) is 0.813. The zero-order valence-corrected chi connectivity index (χ0v) is 11.9. The van der Waals surface area contributed by atoms with E-state index in [1.54, 1.807) is 0 Å². The summed E-state index contributed by atoms with van der Waals surface area (Å²) < 4.78 is 5.71. The Morgan fingerprint density at radius 3 is 2.90 bits per heavy atom. The smallest absolute Gasteiger partial charge is 0.237 e. The van der Waals surface area contributed by atoms with Crippen LogP contribution in [0.25, 0.3) is 0 Å². The lowest BCUT2D eigenvalue weighted by atomic mass is 10.1. The maximum Gasteiger partial charge on any atom is 0.237 e. The fourth-order valence-corrected chi connectivity index (χ4v) is 2.24. The number of β-amino-alcohol motifs (C(OH)–C–C–N with tert-alkyl or cyclic N) is 1. The standard InChI is InChI=1S/C15H22N2O3/c1-10(2)20-14-6-4-3-5-11(14)8-17-15(19)13-7-12(18)9-16-13/h3-6,10,12-13,16,18H,7-9H2,1-2H3,(H,17,19)/t12-,13-/m1/s1. The molecule has 2 atom stereocenters. The van der Waals surface area contributed by atoms with Crippen LogP contribution < -0.4 is 15.4 Å². The van der Waals surface area contributed by atoms with Crippen LogP contribution in [0.5, 0.6) is 5.75 Å². The molecule has 1 aromatic rings. The minimum Gasteiger partial charge on any atom is -0.491 e. The molecule has 1 saturated heterocycles. The highest BCUT2D eigenvalue weighted by Gasteiger charge is 2.27. The molecule has 2 rings (SSSR count). The van der Waals surface area contributed by atoms with Crippen molar-refractivity contribution in [1.29, 1.82) is 0 Å². The van der Waals surface area contributed by atoms with Crippen molar-refractivity contribution in [3.8, 4) is 5.75 Å². The van der Waals surface area contributed by atoms with Gasteiger partial charge in [-0.2, -0.15) is 0 Å². The molecule has 1 heterocycles. The molecule has 0 aliphatic carbocycles. The predicted molar refractivity (Wildman–Crippen MR) is 76.5 cm³/mol. The summed E-state index contributed by atoms with van der Waals surface area (Å²) in [5.74, 6) is 0.711. The molecule has 20 heavy (non-hydrogen) atoms. The zero-order valence-electron chi connectivity index (χ0n) is 11.9. The Hall–Kier alpha value is -1.59. The number of aliphatic hydroxyl groups is 1. The molecule has 0 spiro atoms. The topological polar surface area (TPSA) is 70.6 Å². The van der Waals surface area contributed by atoms with Gasteiger partial charge in [0.15, 0.2) is 0 Å². The van der Waals surface area contributed by atoms with Crippen molar-refractivity contribution in [2.75, 3.05) is 6.54 Å². The number of nitrogens with one attached hydrogen (secondary N) is 2. The zero-order chi connectivity index (χ0) is 14.5. The van der Waals surface area contributed by atoms with E-state index in [0.29, 0.717) is 19.5 Å². The maximum absolute atomic E-state index is 12.0. The number of ether oxygens (including phenoxy) is 1. The lowest BCUT2D eigenvalue weighted by Crippen LogP contribution is -2.40. The summed E-state index contributed by atoms with van der Waals surface area (Å²) in [4.78, 5) is 12.0. The number of hydrogen-bond acceptors (Lipinski definition) is 4. The van der Waals surface area contributed by atoms with Gasteiger partial charge in [-0.15, -0.1) is 0 Å². The molecule has 3 N–H and O–H groups in total. The summed E-state index contributed by atoms with van der Waals surface area (Å²) in [5.41, 5.74) is 0.952. The molecule has 0 radical (unpaired) electrons. The second-order valence-electron chi connectivity index (χ2n) is 5.34. The average molecular weight is 278 g/mol. The van der Waals surface area contributed by atoms with Gasteiger partial charge in [0.1, 0.15) is 5.75 Å². The van der Waals surface area contributed by atoms with Crippen molar-refractivity contribution in [2.45, 2.75) is 45.1 Å². The SMILES string of the molecule is CC(C)Oc1ccccc1CNC(=O)[C@H]1C[C@@H](O)CN1. The minimum absolute atomic E-state index is 0.0825. The fraction of sp³-hybridized carbons (Fsp3) is 0.533. The molecule has 5 nitrogen and oxygen atoms in total. The summed E-state index contributed by atoms with van der Waals surface area (Å²) in [7, 11) is 0. The summed E-state index contributed by atoms with van der Waals surface area (Å²) in [6.45, 7) is 4.85. The molecule has 1 aliphatic heterocycles. The second kappa shape index (κ2) is 6.72. The first kappa shape index (κ1) is 14.8. The van der Waals surface area contributed by atoms with Crippen LogP contribution in [0.2, 0.25) is 0 Å². The Kier molecular flexibility index (Phi) is 4.98. The average Bonchev–Trinajstić information content (AvgIpc) is 2.83. The third-order valence-corrected chi connectivity index (χ3v) is 3.21. The van der Waals surface area contributed by atoms with Crippen LogP contribution in [0.3, 0.4) is 0 Å². The fourth-order valence-electron chi connectivity index (χ4n) is 2.24. The van der Waals surface area contributed by atoms with Gasteiger partial charge in [-0.3, -0.25) is 4.79 Å². The molecule has 5 heteroatoms. The normalized spacial score (nSPS) is 22.0. The lowest BCUT2D eigenvalue weighted by Gasteiger charge is -2.16. The first-order valence-electron chi connectivity index (χ1n) is 7.00. The number of carbonyl (C=O) groups excluding carboxylic acids is 1. The van der Waals surface area contributed by atoms with Gasteiger partial charge in [-0.1, -0.05) is 18.2 Å². The van der Waals surface area contributed by atoms with E-state index < -0.39 is 6.10 Å². The number of benzene rings is 1. The quantitative estimate of drug-likeness (QED) is 0.745. The van der Waals surface area contributed by atoms with Crippen LogP contribution in [-0.4, -0.2) is 35.8 Å². The third-order valence-electron chi connectivity index (χ3n) is 3.21. The summed E-state index contributed by atoms with van der Waals surface area (Å²) in [5, 5.41) is 15.3. The van der Waals surface area contributed by atoms with E-state index in [2.05, 4.69) is 10.6 Å². The number of aliphatic hydroxyl groups excluding tert-OH is 1. The van der Waals surface area contributed by atoms with Gasteiger partial charge in [0.25, 0.3) is 0 Å². The van der Waals surface area contributed by atoms with E-state index in [9.17, 15) is 9.90 Å². The van der Waals surface area contributed by atoms with Gasteiger partial charge >= 0.3 is 0 Å². The molecule has 1 fully saturated rings. The number of amides is 1. The maximum atomic E-state index is 12.0. The summed E-state index contributed by atoms with van der Waals surface area (Å²) in [6, 6.07) is 7.38. The third kappa shape index (κ3) is 3.95. The summed E-state index contributed by atoms with van der Waals surface area (Å²) >= 11 is 0. The molecular weight excluding hydrogens is 256 g/mol. The van der Waals surface area contributed by atoms with Crippen molar-refractivity contribution < 1.29 is 14.6 Å². The highest BCUT2D eigenvalue weighted by Crippen LogP contribution is 2.19. The number of para-hydroxylation sites is 1.